The van der Waals surface area contributed by atoms with Crippen molar-refractivity contribution < 1.29 is 4.79 Å². The molecule has 1 N–H and O–H groups in total. The molecule has 1 saturated heterocycles. The Morgan fingerprint density at radius 3 is 2.77 bits per heavy atom. The van der Waals surface area contributed by atoms with Gasteiger partial charge in [-0.25, -0.2) is 4.98 Å². The second-order valence-corrected chi connectivity index (χ2v) is 7.20. The number of rotatable bonds is 5. The first-order valence-electron chi connectivity index (χ1n) is 9.92. The van der Waals surface area contributed by atoms with Crippen LogP contribution in [0.2, 0.25) is 0 Å². The van der Waals surface area contributed by atoms with E-state index >= 15 is 0 Å². The van der Waals surface area contributed by atoms with Crippen LogP contribution in [0, 0.1) is 0 Å². The van der Waals surface area contributed by atoms with Gasteiger partial charge in [0.2, 0.25) is 5.91 Å². The van der Waals surface area contributed by atoms with Crippen LogP contribution < -0.4 is 10.2 Å². The van der Waals surface area contributed by atoms with E-state index in [0.29, 0.717) is 25.6 Å². The maximum Gasteiger partial charge on any atom is 0.246 e. The highest BCUT2D eigenvalue weighted by Crippen LogP contribution is 2.16. The van der Waals surface area contributed by atoms with Crippen LogP contribution in [0.15, 0.2) is 60.1 Å². The summed E-state index contributed by atoms with van der Waals surface area (Å²) < 4.78 is 3.81. The molecular formula is C21H26N8O. The number of aromatic nitrogens is 4. The molecule has 1 aliphatic heterocycles. The number of carbonyl (C=O) groups is 1. The molecule has 9 nitrogen and oxygen atoms in total. The van der Waals surface area contributed by atoms with Crippen molar-refractivity contribution in [1.82, 2.24) is 29.5 Å². The molecule has 2 aromatic heterocycles. The molecule has 1 aromatic carbocycles. The number of nitrogens with zero attached hydrogens (tertiary/aromatic N) is 7. The van der Waals surface area contributed by atoms with Gasteiger partial charge in [-0.15, -0.1) is 0 Å². The van der Waals surface area contributed by atoms with E-state index in [9.17, 15) is 4.79 Å². The van der Waals surface area contributed by atoms with E-state index in [1.54, 1.807) is 29.0 Å². The number of guanidine groups is 1. The topological polar surface area (TPSA) is 83.6 Å². The van der Waals surface area contributed by atoms with Crippen LogP contribution in [0.4, 0.5) is 5.69 Å². The van der Waals surface area contributed by atoms with Crippen LogP contribution in [0.1, 0.15) is 11.4 Å². The molecule has 9 heteroatoms. The number of hydrogen-bond donors (Lipinski definition) is 1. The summed E-state index contributed by atoms with van der Waals surface area (Å²) in [7, 11) is 3.58. The van der Waals surface area contributed by atoms with Crippen LogP contribution >= 0.6 is 0 Å². The lowest BCUT2D eigenvalue weighted by atomic mass is 10.2. The van der Waals surface area contributed by atoms with Crippen LogP contribution in [0.5, 0.6) is 0 Å². The van der Waals surface area contributed by atoms with E-state index in [0.717, 1.165) is 18.1 Å². The number of aryl methyl sites for hydroxylation is 1. The van der Waals surface area contributed by atoms with E-state index in [-0.39, 0.29) is 12.5 Å². The molecule has 30 heavy (non-hydrogen) atoms. The largest absolute Gasteiger partial charge is 0.349 e. The molecule has 156 valence electrons. The molecular weight excluding hydrogens is 380 g/mol. The number of hydrogen-bond acceptors (Lipinski definition) is 4. The van der Waals surface area contributed by atoms with Gasteiger partial charge in [0.15, 0.2) is 5.96 Å². The maximum absolute atomic E-state index is 12.7. The third-order valence-electron chi connectivity index (χ3n) is 5.14. The van der Waals surface area contributed by atoms with E-state index in [1.807, 2.05) is 42.5 Å². The predicted octanol–water partition coefficient (Wildman–Crippen LogP) is 1.09. The summed E-state index contributed by atoms with van der Waals surface area (Å²) in [6.07, 6.45) is 7.35. The first kappa shape index (κ1) is 19.7. The number of imidazole rings is 1. The molecule has 0 bridgehead atoms. The van der Waals surface area contributed by atoms with Gasteiger partial charge in [0.1, 0.15) is 12.4 Å². The Hall–Kier alpha value is -3.62. The lowest BCUT2D eigenvalue weighted by molar-refractivity contribution is -0.120. The molecule has 1 amide bonds. The molecule has 1 fully saturated rings. The van der Waals surface area contributed by atoms with Gasteiger partial charge in [-0.1, -0.05) is 30.3 Å². The van der Waals surface area contributed by atoms with Crippen molar-refractivity contribution in [2.45, 2.75) is 13.1 Å². The molecule has 0 atom stereocenters. The van der Waals surface area contributed by atoms with Crippen molar-refractivity contribution in [2.75, 3.05) is 31.6 Å². The average Bonchev–Trinajstić information content (AvgIpc) is 3.38. The molecule has 0 spiro atoms. The second kappa shape index (κ2) is 8.81. The average molecular weight is 406 g/mol. The fraction of sp³-hybridized carbons (Fsp3) is 0.333. The van der Waals surface area contributed by atoms with Crippen molar-refractivity contribution in [3.63, 3.8) is 0 Å². The van der Waals surface area contributed by atoms with Gasteiger partial charge in [-0.3, -0.25) is 14.5 Å². The summed E-state index contributed by atoms with van der Waals surface area (Å²) in [5, 5.41) is 7.51. The minimum absolute atomic E-state index is 0.0303. The van der Waals surface area contributed by atoms with Crippen molar-refractivity contribution in [3.8, 4) is 0 Å². The molecule has 4 rings (SSSR count). The SMILES string of the molecule is CN=C(NCc1nccn1Cc1ccccc1)N1CCN(c2cnn(C)c2)C(=O)C1. The Kier molecular flexibility index (Phi) is 5.78. The normalized spacial score (nSPS) is 15.0. The third kappa shape index (κ3) is 4.35. The van der Waals surface area contributed by atoms with E-state index in [2.05, 4.69) is 37.1 Å². The second-order valence-electron chi connectivity index (χ2n) is 7.20. The Bertz CT molecular complexity index is 1020. The zero-order chi connectivity index (χ0) is 20.9. The van der Waals surface area contributed by atoms with Gasteiger partial charge >= 0.3 is 0 Å². The Morgan fingerprint density at radius 2 is 2.07 bits per heavy atom. The molecule has 0 aliphatic carbocycles. The number of amides is 1. The van der Waals surface area contributed by atoms with Gasteiger partial charge in [0.25, 0.3) is 0 Å². The monoisotopic (exact) mass is 406 g/mol. The van der Waals surface area contributed by atoms with Gasteiger partial charge in [-0.2, -0.15) is 5.10 Å². The smallest absolute Gasteiger partial charge is 0.246 e. The minimum Gasteiger partial charge on any atom is -0.349 e. The standard InChI is InChI=1S/C21H26N8O/c1-22-21(28-10-11-29(20(30)16-28)18-12-25-26(2)15-18)24-13-19-23-8-9-27(19)14-17-6-4-3-5-7-17/h3-9,12,15H,10-11,13-14,16H2,1-2H3,(H,22,24). The number of benzene rings is 1. The van der Waals surface area contributed by atoms with Gasteiger partial charge in [-0.05, 0) is 5.56 Å². The maximum atomic E-state index is 12.7. The fourth-order valence-electron chi connectivity index (χ4n) is 3.60. The highest BCUT2D eigenvalue weighted by molar-refractivity contribution is 5.98. The van der Waals surface area contributed by atoms with E-state index < -0.39 is 0 Å². The zero-order valence-electron chi connectivity index (χ0n) is 17.3. The molecule has 0 saturated carbocycles. The fourth-order valence-corrected chi connectivity index (χ4v) is 3.60. The summed E-state index contributed by atoms with van der Waals surface area (Å²) >= 11 is 0. The van der Waals surface area contributed by atoms with Gasteiger partial charge in [0, 0.05) is 52.3 Å². The van der Waals surface area contributed by atoms with Gasteiger partial charge in [0.05, 0.1) is 18.4 Å². The highest BCUT2D eigenvalue weighted by atomic mass is 16.2. The van der Waals surface area contributed by atoms with Crippen molar-refractivity contribution in [1.29, 1.82) is 0 Å². The van der Waals surface area contributed by atoms with Crippen LogP contribution in [0.25, 0.3) is 0 Å². The molecule has 0 radical (unpaired) electrons. The first-order valence-corrected chi connectivity index (χ1v) is 9.92. The highest BCUT2D eigenvalue weighted by Gasteiger charge is 2.27. The zero-order valence-corrected chi connectivity index (χ0v) is 17.3. The summed E-state index contributed by atoms with van der Waals surface area (Å²) in [5.41, 5.74) is 2.05. The summed E-state index contributed by atoms with van der Waals surface area (Å²) in [6.45, 7) is 2.85. The lowest BCUT2D eigenvalue weighted by Crippen LogP contribution is -2.55. The van der Waals surface area contributed by atoms with Crippen molar-refractivity contribution in [3.05, 3.63) is 66.5 Å². The quantitative estimate of drug-likeness (QED) is 0.507. The summed E-state index contributed by atoms with van der Waals surface area (Å²) in [4.78, 5) is 25.3. The summed E-state index contributed by atoms with van der Waals surface area (Å²) in [5.74, 6) is 1.64. The molecule has 3 aromatic rings. The van der Waals surface area contributed by atoms with Crippen LogP contribution in [0.3, 0.4) is 0 Å². The molecule has 3 heterocycles. The Morgan fingerprint density at radius 1 is 1.23 bits per heavy atom. The van der Waals surface area contributed by atoms with Crippen LogP contribution in [-0.4, -0.2) is 62.8 Å². The minimum atomic E-state index is 0.0303. The van der Waals surface area contributed by atoms with Crippen molar-refractivity contribution >= 4 is 17.6 Å². The van der Waals surface area contributed by atoms with Crippen LogP contribution in [-0.2, 0) is 24.9 Å². The third-order valence-corrected chi connectivity index (χ3v) is 5.14. The number of aliphatic imine (C=N–C) groups is 1. The number of piperazine rings is 1. The van der Waals surface area contributed by atoms with Crippen molar-refractivity contribution in [2.24, 2.45) is 12.0 Å². The number of carbonyl (C=O) groups excluding carboxylic acids is 1. The lowest BCUT2D eigenvalue weighted by Gasteiger charge is -2.35. The summed E-state index contributed by atoms with van der Waals surface area (Å²) in [6, 6.07) is 10.3. The Balaban J connectivity index is 1.36. The van der Waals surface area contributed by atoms with E-state index in [1.165, 1.54) is 5.56 Å². The first-order chi connectivity index (χ1) is 14.6. The molecule has 1 aliphatic rings. The molecule has 0 unspecified atom stereocenters. The number of anilines is 1. The predicted molar refractivity (Wildman–Crippen MR) is 115 cm³/mol. The van der Waals surface area contributed by atoms with Gasteiger partial charge < -0.3 is 19.7 Å². The Labute approximate surface area is 175 Å². The number of nitrogens with one attached hydrogen (secondary N) is 1. The van der Waals surface area contributed by atoms with E-state index in [4.69, 9.17) is 0 Å².